The first-order valence-corrected chi connectivity index (χ1v) is 7.59. The fraction of sp³-hybridized carbons (Fsp3) is 0.923. The van der Waals surface area contributed by atoms with E-state index in [1.54, 1.807) is 0 Å². The average molecular weight is 256 g/mol. The molecule has 1 unspecified atom stereocenters. The number of thioether (sulfide) groups is 1. The first kappa shape index (κ1) is 13.2. The molecule has 2 rings (SSSR count). The second kappa shape index (κ2) is 5.61. The molecule has 0 aliphatic carbocycles. The van der Waals surface area contributed by atoms with Gasteiger partial charge in [-0.2, -0.15) is 0 Å². The molecule has 2 heterocycles. The van der Waals surface area contributed by atoms with Gasteiger partial charge in [-0.05, 0) is 24.7 Å². The Kier molecular flexibility index (Phi) is 4.36. The predicted molar refractivity (Wildman–Crippen MR) is 74.7 cm³/mol. The highest BCUT2D eigenvalue weighted by molar-refractivity contribution is 8.13. The summed E-state index contributed by atoms with van der Waals surface area (Å²) in [6, 6.07) is 1.03. The molecule has 1 N–H and O–H groups in total. The second-order valence-electron chi connectivity index (χ2n) is 5.98. The largest absolute Gasteiger partial charge is 0.381 e. The summed E-state index contributed by atoms with van der Waals surface area (Å²) in [4.78, 5) is 4.87. The predicted octanol–water partition coefficient (Wildman–Crippen LogP) is 2.66. The van der Waals surface area contributed by atoms with E-state index in [2.05, 4.69) is 26.1 Å². The highest BCUT2D eigenvalue weighted by atomic mass is 32.2. The van der Waals surface area contributed by atoms with Crippen LogP contribution in [0.5, 0.6) is 0 Å². The van der Waals surface area contributed by atoms with Crippen molar-refractivity contribution in [2.75, 3.05) is 19.0 Å². The summed E-state index contributed by atoms with van der Waals surface area (Å²) in [7, 11) is 0. The van der Waals surface area contributed by atoms with E-state index < -0.39 is 0 Å². The van der Waals surface area contributed by atoms with Crippen LogP contribution in [0, 0.1) is 5.41 Å². The molecule has 0 aromatic carbocycles. The van der Waals surface area contributed by atoms with Crippen LogP contribution in [-0.4, -0.2) is 36.2 Å². The van der Waals surface area contributed by atoms with Crippen LogP contribution in [-0.2, 0) is 4.74 Å². The normalized spacial score (nSPS) is 27.7. The Hall–Kier alpha value is -0.220. The SMILES string of the molecule is CC(C)(C)C1CCSC(NC2CCOCC2)=N1. The minimum Gasteiger partial charge on any atom is -0.381 e. The van der Waals surface area contributed by atoms with Crippen molar-refractivity contribution < 1.29 is 4.74 Å². The fourth-order valence-corrected chi connectivity index (χ4v) is 3.22. The summed E-state index contributed by atoms with van der Waals surface area (Å²) >= 11 is 1.87. The van der Waals surface area contributed by atoms with Gasteiger partial charge in [0.05, 0.1) is 6.04 Å². The van der Waals surface area contributed by atoms with Gasteiger partial charge in [0.25, 0.3) is 0 Å². The summed E-state index contributed by atoms with van der Waals surface area (Å²) in [5, 5.41) is 4.75. The van der Waals surface area contributed by atoms with Crippen LogP contribution in [0.15, 0.2) is 4.99 Å². The molecule has 0 bridgehead atoms. The quantitative estimate of drug-likeness (QED) is 0.783. The third kappa shape index (κ3) is 3.88. The average Bonchev–Trinajstić information content (AvgIpc) is 2.29. The molecular formula is C13H24N2OS. The minimum atomic E-state index is 0.281. The second-order valence-corrected chi connectivity index (χ2v) is 7.07. The van der Waals surface area contributed by atoms with E-state index in [-0.39, 0.29) is 5.41 Å². The molecule has 0 spiro atoms. The molecule has 98 valence electrons. The zero-order chi connectivity index (χ0) is 12.3. The molecule has 1 fully saturated rings. The van der Waals surface area contributed by atoms with Gasteiger partial charge < -0.3 is 10.1 Å². The molecule has 3 nitrogen and oxygen atoms in total. The first-order chi connectivity index (χ1) is 8.05. The molecule has 17 heavy (non-hydrogen) atoms. The van der Waals surface area contributed by atoms with Crippen molar-refractivity contribution in [2.24, 2.45) is 10.4 Å². The van der Waals surface area contributed by atoms with Gasteiger partial charge in [-0.3, -0.25) is 4.99 Å². The lowest BCUT2D eigenvalue weighted by Gasteiger charge is -2.32. The van der Waals surface area contributed by atoms with Gasteiger partial charge in [0.1, 0.15) is 0 Å². The molecule has 1 atom stereocenters. The molecule has 0 saturated carbocycles. The van der Waals surface area contributed by atoms with E-state index in [1.807, 2.05) is 11.8 Å². The Morgan fingerprint density at radius 2 is 1.94 bits per heavy atom. The van der Waals surface area contributed by atoms with Crippen molar-refractivity contribution in [1.29, 1.82) is 0 Å². The highest BCUT2D eigenvalue weighted by Crippen LogP contribution is 2.30. The van der Waals surface area contributed by atoms with E-state index in [0.717, 1.165) is 31.2 Å². The number of hydrogen-bond acceptors (Lipinski definition) is 4. The number of ether oxygens (including phenoxy) is 1. The monoisotopic (exact) mass is 256 g/mol. The maximum atomic E-state index is 5.38. The molecule has 0 amide bonds. The van der Waals surface area contributed by atoms with Gasteiger partial charge in [0, 0.05) is 25.0 Å². The molecule has 0 aromatic rings. The van der Waals surface area contributed by atoms with E-state index in [9.17, 15) is 0 Å². The highest BCUT2D eigenvalue weighted by Gasteiger charge is 2.28. The number of nitrogens with one attached hydrogen (secondary N) is 1. The van der Waals surface area contributed by atoms with Gasteiger partial charge in [0.15, 0.2) is 5.17 Å². The zero-order valence-corrected chi connectivity index (χ0v) is 12.0. The maximum Gasteiger partial charge on any atom is 0.157 e. The lowest BCUT2D eigenvalue weighted by atomic mass is 9.85. The molecule has 0 aromatic heterocycles. The third-order valence-corrected chi connectivity index (χ3v) is 4.39. The van der Waals surface area contributed by atoms with Gasteiger partial charge in [-0.1, -0.05) is 32.5 Å². The van der Waals surface area contributed by atoms with Crippen LogP contribution >= 0.6 is 11.8 Å². The van der Waals surface area contributed by atoms with E-state index >= 15 is 0 Å². The van der Waals surface area contributed by atoms with Crippen LogP contribution in [0.25, 0.3) is 0 Å². The summed E-state index contributed by atoms with van der Waals surface area (Å²) in [6.45, 7) is 8.62. The van der Waals surface area contributed by atoms with Crippen molar-refractivity contribution >= 4 is 16.9 Å². The maximum absolute atomic E-state index is 5.38. The summed E-state index contributed by atoms with van der Waals surface area (Å²) in [5.74, 6) is 1.19. The van der Waals surface area contributed by atoms with Crippen molar-refractivity contribution in [3.05, 3.63) is 0 Å². The fourth-order valence-electron chi connectivity index (χ4n) is 2.23. The Morgan fingerprint density at radius 3 is 2.59 bits per heavy atom. The Morgan fingerprint density at radius 1 is 1.24 bits per heavy atom. The zero-order valence-electron chi connectivity index (χ0n) is 11.2. The Labute approximate surface area is 109 Å². The molecule has 4 heteroatoms. The standard InChI is InChI=1S/C13H24N2OS/c1-13(2,3)11-6-9-17-12(15-11)14-10-4-7-16-8-5-10/h10-11H,4-9H2,1-3H3,(H,14,15). The molecule has 0 radical (unpaired) electrons. The van der Waals surface area contributed by atoms with Gasteiger partial charge >= 0.3 is 0 Å². The third-order valence-electron chi connectivity index (χ3n) is 3.45. The Balaban J connectivity index is 1.93. The summed E-state index contributed by atoms with van der Waals surface area (Å²) < 4.78 is 5.38. The number of rotatable bonds is 1. The van der Waals surface area contributed by atoms with Crippen LogP contribution in [0.2, 0.25) is 0 Å². The number of amidine groups is 1. The van der Waals surface area contributed by atoms with E-state index in [4.69, 9.17) is 9.73 Å². The van der Waals surface area contributed by atoms with Gasteiger partial charge in [-0.15, -0.1) is 0 Å². The van der Waals surface area contributed by atoms with Crippen molar-refractivity contribution in [2.45, 2.75) is 52.1 Å². The van der Waals surface area contributed by atoms with Crippen molar-refractivity contribution in [1.82, 2.24) is 5.32 Å². The van der Waals surface area contributed by atoms with Crippen LogP contribution in [0.4, 0.5) is 0 Å². The molecule has 2 aliphatic heterocycles. The molecular weight excluding hydrogens is 232 g/mol. The van der Waals surface area contributed by atoms with Crippen LogP contribution < -0.4 is 5.32 Å². The van der Waals surface area contributed by atoms with Crippen LogP contribution in [0.3, 0.4) is 0 Å². The number of nitrogens with zero attached hydrogens (tertiary/aromatic N) is 1. The minimum absolute atomic E-state index is 0.281. The lowest BCUT2D eigenvalue weighted by Crippen LogP contribution is -2.40. The molecule has 1 saturated heterocycles. The molecule has 2 aliphatic rings. The van der Waals surface area contributed by atoms with Crippen molar-refractivity contribution in [3.63, 3.8) is 0 Å². The van der Waals surface area contributed by atoms with Crippen LogP contribution in [0.1, 0.15) is 40.0 Å². The Bertz CT molecular complexity index is 280. The van der Waals surface area contributed by atoms with Gasteiger partial charge in [0.2, 0.25) is 0 Å². The smallest absolute Gasteiger partial charge is 0.157 e. The summed E-state index contributed by atoms with van der Waals surface area (Å²) in [5.41, 5.74) is 0.281. The van der Waals surface area contributed by atoms with Gasteiger partial charge in [-0.25, -0.2) is 0 Å². The number of hydrogen-bond donors (Lipinski definition) is 1. The lowest BCUT2D eigenvalue weighted by molar-refractivity contribution is 0.0825. The van der Waals surface area contributed by atoms with Crippen molar-refractivity contribution in [3.8, 4) is 0 Å². The number of aliphatic imine (C=N–C) groups is 1. The summed E-state index contributed by atoms with van der Waals surface area (Å²) in [6.07, 6.45) is 3.42. The van der Waals surface area contributed by atoms with E-state index in [1.165, 1.54) is 12.2 Å². The van der Waals surface area contributed by atoms with E-state index in [0.29, 0.717) is 12.1 Å². The topological polar surface area (TPSA) is 33.6 Å². The first-order valence-electron chi connectivity index (χ1n) is 6.60.